The summed E-state index contributed by atoms with van der Waals surface area (Å²) in [5.74, 6) is 0.0519. The molecule has 4 heteroatoms. The van der Waals surface area contributed by atoms with Gasteiger partial charge >= 0.3 is 0 Å². The van der Waals surface area contributed by atoms with Crippen LogP contribution in [-0.2, 0) is 4.79 Å². The summed E-state index contributed by atoms with van der Waals surface area (Å²) in [6, 6.07) is 6.93. The van der Waals surface area contributed by atoms with Crippen LogP contribution in [0.4, 0.5) is 5.69 Å². The van der Waals surface area contributed by atoms with Gasteiger partial charge in [-0.15, -0.1) is 0 Å². The lowest BCUT2D eigenvalue weighted by Gasteiger charge is -2.04. The van der Waals surface area contributed by atoms with Gasteiger partial charge in [-0.1, -0.05) is 6.92 Å². The number of ketones is 1. The zero-order valence-corrected chi connectivity index (χ0v) is 10.0. The highest BCUT2D eigenvalue weighted by atomic mass is 16.1. The molecule has 1 rings (SSSR count). The SMILES string of the molecule is CCC(=O)Nc1ccc(C(=O)CCCN)cc1. The minimum atomic E-state index is -0.0350. The smallest absolute Gasteiger partial charge is 0.224 e. The molecule has 0 spiro atoms. The van der Waals surface area contributed by atoms with Crippen LogP contribution >= 0.6 is 0 Å². The van der Waals surface area contributed by atoms with Crippen molar-refractivity contribution in [3.8, 4) is 0 Å². The third kappa shape index (κ3) is 4.36. The van der Waals surface area contributed by atoms with E-state index in [9.17, 15) is 9.59 Å². The normalized spacial score (nSPS) is 10.0. The number of anilines is 1. The maximum absolute atomic E-state index is 11.7. The fourth-order valence-corrected chi connectivity index (χ4v) is 1.40. The molecule has 0 heterocycles. The maximum atomic E-state index is 11.7. The van der Waals surface area contributed by atoms with Gasteiger partial charge in [0.2, 0.25) is 5.91 Å². The zero-order chi connectivity index (χ0) is 12.7. The van der Waals surface area contributed by atoms with E-state index in [1.54, 1.807) is 31.2 Å². The van der Waals surface area contributed by atoms with E-state index in [0.29, 0.717) is 37.1 Å². The summed E-state index contributed by atoms with van der Waals surface area (Å²) in [7, 11) is 0. The molecule has 0 aliphatic heterocycles. The number of hydrogen-bond donors (Lipinski definition) is 2. The van der Waals surface area contributed by atoms with Crippen LogP contribution in [0, 0.1) is 0 Å². The summed E-state index contributed by atoms with van der Waals surface area (Å²) >= 11 is 0. The van der Waals surface area contributed by atoms with Crippen molar-refractivity contribution < 1.29 is 9.59 Å². The first-order valence-electron chi connectivity index (χ1n) is 5.80. The van der Waals surface area contributed by atoms with Gasteiger partial charge in [-0.25, -0.2) is 0 Å². The van der Waals surface area contributed by atoms with E-state index in [2.05, 4.69) is 5.32 Å². The average molecular weight is 234 g/mol. The minimum absolute atomic E-state index is 0.0350. The second-order valence-electron chi connectivity index (χ2n) is 3.79. The Labute approximate surface area is 101 Å². The molecule has 0 unspecified atom stereocenters. The molecule has 0 aliphatic carbocycles. The third-order valence-corrected chi connectivity index (χ3v) is 2.42. The second-order valence-corrected chi connectivity index (χ2v) is 3.79. The van der Waals surface area contributed by atoms with Gasteiger partial charge in [-0.05, 0) is 37.2 Å². The first kappa shape index (κ1) is 13.4. The van der Waals surface area contributed by atoms with Crippen molar-refractivity contribution in [3.05, 3.63) is 29.8 Å². The number of Topliss-reactive ketones (excluding diaryl/α,β-unsaturated/α-hetero) is 1. The summed E-state index contributed by atoms with van der Waals surface area (Å²) in [6.45, 7) is 2.32. The number of carbonyl (C=O) groups is 2. The van der Waals surface area contributed by atoms with Gasteiger partial charge < -0.3 is 11.1 Å². The summed E-state index contributed by atoms with van der Waals surface area (Å²) in [5.41, 5.74) is 6.72. The van der Waals surface area contributed by atoms with Crippen LogP contribution in [0.2, 0.25) is 0 Å². The molecule has 0 atom stereocenters. The molecule has 0 fully saturated rings. The van der Waals surface area contributed by atoms with Crippen molar-refractivity contribution in [2.75, 3.05) is 11.9 Å². The van der Waals surface area contributed by atoms with E-state index in [1.165, 1.54) is 0 Å². The Kier molecular flexibility index (Phi) is 5.36. The topological polar surface area (TPSA) is 72.2 Å². The highest BCUT2D eigenvalue weighted by Crippen LogP contribution is 2.12. The van der Waals surface area contributed by atoms with Crippen molar-refractivity contribution in [1.29, 1.82) is 0 Å². The highest BCUT2D eigenvalue weighted by molar-refractivity contribution is 5.97. The van der Waals surface area contributed by atoms with Crippen molar-refractivity contribution >= 4 is 17.4 Å². The molecule has 17 heavy (non-hydrogen) atoms. The highest BCUT2D eigenvalue weighted by Gasteiger charge is 2.05. The molecule has 3 N–H and O–H groups in total. The summed E-state index contributed by atoms with van der Waals surface area (Å²) in [4.78, 5) is 22.8. The van der Waals surface area contributed by atoms with E-state index in [0.717, 1.165) is 0 Å². The Morgan fingerprint density at radius 2 is 1.88 bits per heavy atom. The lowest BCUT2D eigenvalue weighted by molar-refractivity contribution is -0.115. The van der Waals surface area contributed by atoms with E-state index >= 15 is 0 Å². The fourth-order valence-electron chi connectivity index (χ4n) is 1.40. The Morgan fingerprint density at radius 3 is 2.41 bits per heavy atom. The summed E-state index contributed by atoms with van der Waals surface area (Å²) in [6.07, 6.45) is 1.61. The number of amides is 1. The Bertz CT molecular complexity index is 385. The molecule has 0 saturated carbocycles. The minimum Gasteiger partial charge on any atom is -0.330 e. The first-order chi connectivity index (χ1) is 8.17. The van der Waals surface area contributed by atoms with Crippen LogP contribution in [0.3, 0.4) is 0 Å². The molecule has 4 nitrogen and oxygen atoms in total. The standard InChI is InChI=1S/C13H18N2O2/c1-2-13(17)15-11-7-5-10(6-8-11)12(16)4-3-9-14/h5-8H,2-4,9,14H2,1H3,(H,15,17). The molecule has 1 amide bonds. The van der Waals surface area contributed by atoms with Crippen molar-refractivity contribution in [2.45, 2.75) is 26.2 Å². The largest absolute Gasteiger partial charge is 0.330 e. The van der Waals surface area contributed by atoms with Crippen LogP contribution in [-0.4, -0.2) is 18.2 Å². The number of hydrogen-bond acceptors (Lipinski definition) is 3. The predicted octanol–water partition coefficient (Wildman–Crippen LogP) is 1.96. The number of carbonyl (C=O) groups excluding carboxylic acids is 2. The second kappa shape index (κ2) is 6.81. The molecule has 0 saturated heterocycles. The lowest BCUT2D eigenvalue weighted by atomic mass is 10.1. The van der Waals surface area contributed by atoms with Crippen molar-refractivity contribution in [3.63, 3.8) is 0 Å². The van der Waals surface area contributed by atoms with E-state index in [1.807, 2.05) is 0 Å². The first-order valence-corrected chi connectivity index (χ1v) is 5.80. The Morgan fingerprint density at radius 1 is 1.24 bits per heavy atom. The van der Waals surface area contributed by atoms with Crippen LogP contribution < -0.4 is 11.1 Å². The number of nitrogens with two attached hydrogens (primary N) is 1. The van der Waals surface area contributed by atoms with Crippen LogP contribution in [0.5, 0.6) is 0 Å². The molecular formula is C13H18N2O2. The summed E-state index contributed by atoms with van der Waals surface area (Å²) < 4.78 is 0. The quantitative estimate of drug-likeness (QED) is 0.739. The third-order valence-electron chi connectivity index (χ3n) is 2.42. The number of rotatable bonds is 6. The maximum Gasteiger partial charge on any atom is 0.224 e. The Hall–Kier alpha value is -1.68. The van der Waals surface area contributed by atoms with Gasteiger partial charge in [-0.2, -0.15) is 0 Å². The zero-order valence-electron chi connectivity index (χ0n) is 10.0. The predicted molar refractivity (Wildman–Crippen MR) is 68.0 cm³/mol. The van der Waals surface area contributed by atoms with Gasteiger partial charge in [0, 0.05) is 24.1 Å². The van der Waals surface area contributed by atoms with Crippen LogP contribution in [0.25, 0.3) is 0 Å². The van der Waals surface area contributed by atoms with Gasteiger partial charge in [-0.3, -0.25) is 9.59 Å². The van der Waals surface area contributed by atoms with Gasteiger partial charge in [0.05, 0.1) is 0 Å². The fraction of sp³-hybridized carbons (Fsp3) is 0.385. The van der Waals surface area contributed by atoms with Crippen molar-refractivity contribution in [1.82, 2.24) is 0 Å². The number of benzene rings is 1. The lowest BCUT2D eigenvalue weighted by Crippen LogP contribution is -2.09. The summed E-state index contributed by atoms with van der Waals surface area (Å²) in [5, 5.41) is 2.73. The van der Waals surface area contributed by atoms with E-state index in [4.69, 9.17) is 5.73 Å². The van der Waals surface area contributed by atoms with Crippen LogP contribution in [0.15, 0.2) is 24.3 Å². The molecule has 92 valence electrons. The van der Waals surface area contributed by atoms with Gasteiger partial charge in [0.15, 0.2) is 5.78 Å². The van der Waals surface area contributed by atoms with Crippen LogP contribution in [0.1, 0.15) is 36.5 Å². The average Bonchev–Trinajstić information content (AvgIpc) is 2.36. The number of nitrogens with one attached hydrogen (secondary N) is 1. The van der Waals surface area contributed by atoms with E-state index in [-0.39, 0.29) is 11.7 Å². The monoisotopic (exact) mass is 234 g/mol. The molecule has 1 aromatic carbocycles. The molecule has 0 bridgehead atoms. The molecular weight excluding hydrogens is 216 g/mol. The molecule has 0 radical (unpaired) electrons. The van der Waals surface area contributed by atoms with Gasteiger partial charge in [0.1, 0.15) is 0 Å². The Balaban J connectivity index is 2.61. The molecule has 1 aromatic rings. The van der Waals surface area contributed by atoms with Gasteiger partial charge in [0.25, 0.3) is 0 Å². The molecule has 0 aliphatic rings. The van der Waals surface area contributed by atoms with E-state index < -0.39 is 0 Å². The van der Waals surface area contributed by atoms with Crippen molar-refractivity contribution in [2.24, 2.45) is 5.73 Å². The molecule has 0 aromatic heterocycles.